The highest BCUT2D eigenvalue weighted by Gasteiger charge is 2.48. The summed E-state index contributed by atoms with van der Waals surface area (Å²) in [5, 5.41) is 10.3. The van der Waals surface area contributed by atoms with Crippen molar-refractivity contribution >= 4 is 0 Å². The lowest BCUT2D eigenvalue weighted by atomic mass is 9.76. The van der Waals surface area contributed by atoms with Gasteiger partial charge in [-0.2, -0.15) is 0 Å². The van der Waals surface area contributed by atoms with Gasteiger partial charge in [0.1, 0.15) is 5.79 Å². The molecule has 0 radical (unpaired) electrons. The third-order valence-electron chi connectivity index (χ3n) is 4.94. The van der Waals surface area contributed by atoms with Crippen molar-refractivity contribution in [3.05, 3.63) is 0 Å². The fourth-order valence-corrected chi connectivity index (χ4v) is 4.43. The average Bonchev–Trinajstić information content (AvgIpc) is 2.40. The van der Waals surface area contributed by atoms with E-state index >= 15 is 0 Å². The van der Waals surface area contributed by atoms with Crippen LogP contribution in [0.4, 0.5) is 0 Å². The number of rotatable bonds is 6. The quantitative estimate of drug-likeness (QED) is 0.659. The largest absolute Gasteiger partial charge is 0.284 e. The molecule has 0 amide bonds. The van der Waals surface area contributed by atoms with Crippen LogP contribution in [0.3, 0.4) is 0 Å². The Morgan fingerprint density at radius 3 is 1.95 bits per heavy atom. The van der Waals surface area contributed by atoms with E-state index in [0.717, 1.165) is 5.92 Å². The average molecular weight is 311 g/mol. The molecule has 0 aromatic rings. The van der Waals surface area contributed by atoms with Crippen molar-refractivity contribution in [3.8, 4) is 0 Å². The molecule has 4 nitrogen and oxygen atoms in total. The molecule has 4 heteroatoms. The molecule has 1 saturated carbocycles. The van der Waals surface area contributed by atoms with Crippen molar-refractivity contribution in [2.24, 2.45) is 5.92 Å². The second-order valence-corrected chi connectivity index (χ2v) is 8.26. The van der Waals surface area contributed by atoms with Crippen molar-refractivity contribution in [1.29, 1.82) is 0 Å². The zero-order chi connectivity index (χ0) is 16.3. The smallest absolute Gasteiger partial charge is 0.139 e. The van der Waals surface area contributed by atoms with E-state index in [0.29, 0.717) is 24.2 Å². The number of nitrogens with one attached hydrogen (secondary N) is 3. The fourth-order valence-electron chi connectivity index (χ4n) is 4.43. The molecule has 0 spiro atoms. The van der Waals surface area contributed by atoms with E-state index in [9.17, 15) is 0 Å². The van der Waals surface area contributed by atoms with Crippen LogP contribution in [-0.2, 0) is 0 Å². The van der Waals surface area contributed by atoms with Gasteiger partial charge in [-0.3, -0.25) is 10.6 Å². The first-order valence-corrected chi connectivity index (χ1v) is 9.45. The molecule has 2 rings (SSSR count). The first-order chi connectivity index (χ1) is 10.3. The molecule has 130 valence electrons. The molecule has 1 heterocycles. The Kier molecular flexibility index (Phi) is 6.29. The van der Waals surface area contributed by atoms with Crippen molar-refractivity contribution < 1.29 is 0 Å². The molecular weight excluding hydrogens is 272 g/mol. The molecule has 1 aliphatic carbocycles. The maximum atomic E-state index is 3.87. The second-order valence-electron chi connectivity index (χ2n) is 8.26. The van der Waals surface area contributed by atoms with E-state index < -0.39 is 0 Å². The van der Waals surface area contributed by atoms with E-state index in [1.54, 1.807) is 0 Å². The van der Waals surface area contributed by atoms with Crippen molar-refractivity contribution in [2.75, 3.05) is 0 Å². The number of hydrazine groups is 1. The standard InChI is InChI=1S/C18H38N4/c1-13(2)19-18(20-14(3)4)12-11-16-9-7-8-10-17(16)22(18)21-15(5)6/h13-17,19-21H,7-12H2,1-6H3. The normalized spacial score (nSPS) is 29.3. The zero-order valence-corrected chi connectivity index (χ0v) is 15.6. The summed E-state index contributed by atoms with van der Waals surface area (Å²) < 4.78 is 0. The molecule has 1 aliphatic heterocycles. The predicted octanol–water partition coefficient (Wildman–Crippen LogP) is 3.20. The van der Waals surface area contributed by atoms with Crippen LogP contribution in [0.25, 0.3) is 0 Å². The summed E-state index contributed by atoms with van der Waals surface area (Å²) >= 11 is 0. The van der Waals surface area contributed by atoms with Gasteiger partial charge in [0.15, 0.2) is 0 Å². The molecule has 0 bridgehead atoms. The molecule has 2 aliphatic rings. The fraction of sp³-hybridized carbons (Fsp3) is 1.00. The Morgan fingerprint density at radius 1 is 0.818 bits per heavy atom. The van der Waals surface area contributed by atoms with Gasteiger partial charge in [-0.05, 0) is 73.1 Å². The lowest BCUT2D eigenvalue weighted by molar-refractivity contribution is -0.132. The maximum Gasteiger partial charge on any atom is 0.139 e. The van der Waals surface area contributed by atoms with E-state index in [1.165, 1.54) is 38.5 Å². The van der Waals surface area contributed by atoms with Crippen LogP contribution in [0.2, 0.25) is 0 Å². The first kappa shape index (κ1) is 18.2. The van der Waals surface area contributed by atoms with Gasteiger partial charge in [0.25, 0.3) is 0 Å². The molecule has 22 heavy (non-hydrogen) atoms. The zero-order valence-electron chi connectivity index (χ0n) is 15.6. The van der Waals surface area contributed by atoms with Crippen LogP contribution in [-0.4, -0.2) is 35.0 Å². The summed E-state index contributed by atoms with van der Waals surface area (Å²) in [6, 6.07) is 2.04. The molecule has 0 aromatic carbocycles. The third-order valence-corrected chi connectivity index (χ3v) is 4.94. The lowest BCUT2D eigenvalue weighted by Gasteiger charge is -2.57. The minimum Gasteiger partial charge on any atom is -0.284 e. The Hall–Kier alpha value is -0.160. The van der Waals surface area contributed by atoms with E-state index in [1.807, 2.05) is 0 Å². The Bertz CT molecular complexity index is 330. The summed E-state index contributed by atoms with van der Waals surface area (Å²) in [6.07, 6.45) is 8.02. The van der Waals surface area contributed by atoms with Crippen molar-refractivity contribution in [1.82, 2.24) is 21.1 Å². The van der Waals surface area contributed by atoms with Crippen molar-refractivity contribution in [3.63, 3.8) is 0 Å². The number of nitrogens with zero attached hydrogens (tertiary/aromatic N) is 1. The molecule has 3 N–H and O–H groups in total. The molecule has 1 saturated heterocycles. The number of hydrogen-bond donors (Lipinski definition) is 3. The predicted molar refractivity (Wildman–Crippen MR) is 94.4 cm³/mol. The van der Waals surface area contributed by atoms with Crippen LogP contribution >= 0.6 is 0 Å². The molecule has 2 unspecified atom stereocenters. The van der Waals surface area contributed by atoms with Gasteiger partial charge < -0.3 is 0 Å². The molecule has 0 aromatic heterocycles. The van der Waals surface area contributed by atoms with Crippen LogP contribution in [0.15, 0.2) is 0 Å². The Morgan fingerprint density at radius 2 is 1.41 bits per heavy atom. The molecule has 2 fully saturated rings. The van der Waals surface area contributed by atoms with E-state index in [-0.39, 0.29) is 5.79 Å². The monoisotopic (exact) mass is 310 g/mol. The number of piperidine rings is 1. The summed E-state index contributed by atoms with van der Waals surface area (Å²) in [4.78, 5) is 0. The number of hydrogen-bond acceptors (Lipinski definition) is 4. The lowest BCUT2D eigenvalue weighted by Crippen LogP contribution is -2.78. The summed E-state index contributed by atoms with van der Waals surface area (Å²) in [6.45, 7) is 13.5. The Balaban J connectivity index is 2.29. The van der Waals surface area contributed by atoms with Gasteiger partial charge in [-0.25, -0.2) is 10.4 Å². The topological polar surface area (TPSA) is 39.3 Å². The van der Waals surface area contributed by atoms with Gasteiger partial charge in [0.05, 0.1) is 0 Å². The summed E-state index contributed by atoms with van der Waals surface area (Å²) in [7, 11) is 0. The SMILES string of the molecule is CC(C)NN1C2CCCCC2CCC1(NC(C)C)NC(C)C. The van der Waals surface area contributed by atoms with Crippen LogP contribution in [0.5, 0.6) is 0 Å². The summed E-state index contributed by atoms with van der Waals surface area (Å²) in [5.74, 6) is 0.738. The van der Waals surface area contributed by atoms with Gasteiger partial charge in [-0.15, -0.1) is 0 Å². The van der Waals surface area contributed by atoms with E-state index in [4.69, 9.17) is 0 Å². The highest BCUT2D eigenvalue weighted by Crippen LogP contribution is 2.40. The first-order valence-electron chi connectivity index (χ1n) is 9.45. The van der Waals surface area contributed by atoms with Crippen LogP contribution in [0.1, 0.15) is 80.1 Å². The van der Waals surface area contributed by atoms with Crippen LogP contribution in [0, 0.1) is 5.92 Å². The number of fused-ring (bicyclic) bond motifs is 1. The maximum absolute atomic E-state index is 3.87. The minimum atomic E-state index is -0.120. The van der Waals surface area contributed by atoms with Gasteiger partial charge in [0.2, 0.25) is 0 Å². The highest BCUT2D eigenvalue weighted by atomic mass is 15.7. The summed E-state index contributed by atoms with van der Waals surface area (Å²) in [5.41, 5.74) is 3.79. The second kappa shape index (κ2) is 7.61. The molecule has 2 atom stereocenters. The minimum absolute atomic E-state index is 0.120. The highest BCUT2D eigenvalue weighted by molar-refractivity contribution is 4.98. The Labute approximate surface area is 137 Å². The van der Waals surface area contributed by atoms with Gasteiger partial charge in [0, 0.05) is 24.2 Å². The van der Waals surface area contributed by atoms with E-state index in [2.05, 4.69) is 62.6 Å². The van der Waals surface area contributed by atoms with Crippen molar-refractivity contribution in [2.45, 2.75) is 110 Å². The third kappa shape index (κ3) is 4.22. The van der Waals surface area contributed by atoms with Crippen LogP contribution < -0.4 is 16.1 Å². The molecular formula is C18H38N4. The van der Waals surface area contributed by atoms with Gasteiger partial charge in [-0.1, -0.05) is 12.8 Å². The van der Waals surface area contributed by atoms with Gasteiger partial charge >= 0.3 is 0 Å².